The van der Waals surface area contributed by atoms with Gasteiger partial charge in [-0.3, -0.25) is 0 Å². The molecule has 0 aromatic heterocycles. The normalized spacial score (nSPS) is 29.4. The van der Waals surface area contributed by atoms with E-state index in [1.807, 2.05) is 12.2 Å². The summed E-state index contributed by atoms with van der Waals surface area (Å²) in [7, 11) is 0. The zero-order valence-electron chi connectivity index (χ0n) is 6.96. The third-order valence-corrected chi connectivity index (χ3v) is 2.16. The molecule has 0 bridgehead atoms. The first-order valence-corrected chi connectivity index (χ1v) is 3.89. The number of rotatable bonds is 2. The summed E-state index contributed by atoms with van der Waals surface area (Å²) in [5, 5.41) is 0. The van der Waals surface area contributed by atoms with Crippen LogP contribution >= 0.6 is 0 Å². The van der Waals surface area contributed by atoms with E-state index in [2.05, 4.69) is 38.3 Å². The smallest absolute Gasteiger partial charge is 0.00720 e. The molecule has 1 unspecified atom stereocenters. The molecule has 2 atom stereocenters. The van der Waals surface area contributed by atoms with Gasteiger partial charge >= 0.3 is 0 Å². The van der Waals surface area contributed by atoms with Crippen LogP contribution in [-0.4, -0.2) is 0 Å². The molecule has 0 aliphatic heterocycles. The molecular formula is C11H14. The minimum Gasteiger partial charge on any atom is -0.102 e. The topological polar surface area (TPSA) is 0 Å². The average Bonchev–Trinajstić information content (AvgIpc) is 2.04. The number of hydrogen-bond donors (Lipinski definition) is 0. The summed E-state index contributed by atoms with van der Waals surface area (Å²) in [6.07, 6.45) is 10.3. The van der Waals surface area contributed by atoms with Crippen LogP contribution in [0.1, 0.15) is 6.92 Å². The van der Waals surface area contributed by atoms with Crippen molar-refractivity contribution in [3.63, 3.8) is 0 Å². The van der Waals surface area contributed by atoms with E-state index in [1.165, 1.54) is 5.57 Å². The molecule has 0 fully saturated rings. The fourth-order valence-electron chi connectivity index (χ4n) is 1.44. The number of hydrogen-bond acceptors (Lipinski definition) is 0. The molecule has 11 heavy (non-hydrogen) atoms. The lowest BCUT2D eigenvalue weighted by Gasteiger charge is -2.21. The molecule has 0 spiro atoms. The third kappa shape index (κ3) is 1.51. The van der Waals surface area contributed by atoms with Gasteiger partial charge in [0.2, 0.25) is 0 Å². The van der Waals surface area contributed by atoms with E-state index in [-0.39, 0.29) is 0 Å². The molecule has 0 N–H and O–H groups in total. The van der Waals surface area contributed by atoms with Crippen LogP contribution in [0.3, 0.4) is 0 Å². The second kappa shape index (κ2) is 3.38. The highest BCUT2D eigenvalue weighted by Gasteiger charge is 2.16. The lowest BCUT2D eigenvalue weighted by atomic mass is 9.83. The van der Waals surface area contributed by atoms with Crippen LogP contribution in [0.25, 0.3) is 0 Å². The summed E-state index contributed by atoms with van der Waals surface area (Å²) in [6, 6.07) is 0. The van der Waals surface area contributed by atoms with Gasteiger partial charge in [0.15, 0.2) is 0 Å². The minimum atomic E-state index is 0.442. The highest BCUT2D eigenvalue weighted by Crippen LogP contribution is 2.27. The van der Waals surface area contributed by atoms with E-state index in [0.717, 1.165) is 0 Å². The Morgan fingerprint density at radius 1 is 1.36 bits per heavy atom. The van der Waals surface area contributed by atoms with Crippen molar-refractivity contribution in [2.24, 2.45) is 11.8 Å². The highest BCUT2D eigenvalue weighted by molar-refractivity contribution is 5.27. The summed E-state index contributed by atoms with van der Waals surface area (Å²) in [4.78, 5) is 0. The molecule has 0 saturated carbocycles. The van der Waals surface area contributed by atoms with E-state index in [4.69, 9.17) is 0 Å². The monoisotopic (exact) mass is 146 g/mol. The van der Waals surface area contributed by atoms with Crippen molar-refractivity contribution >= 4 is 0 Å². The van der Waals surface area contributed by atoms with E-state index in [9.17, 15) is 0 Å². The highest BCUT2D eigenvalue weighted by atomic mass is 14.2. The van der Waals surface area contributed by atoms with Gasteiger partial charge in [-0.25, -0.2) is 0 Å². The van der Waals surface area contributed by atoms with E-state index >= 15 is 0 Å². The fraction of sp³-hybridized carbons (Fsp3) is 0.273. The second-order valence-electron chi connectivity index (χ2n) is 2.87. The summed E-state index contributed by atoms with van der Waals surface area (Å²) in [6.45, 7) is 9.73. The van der Waals surface area contributed by atoms with Crippen LogP contribution in [0.15, 0.2) is 49.1 Å². The first-order valence-electron chi connectivity index (χ1n) is 3.89. The Kier molecular flexibility index (Phi) is 2.48. The van der Waals surface area contributed by atoms with Crippen molar-refractivity contribution < 1.29 is 0 Å². The van der Waals surface area contributed by atoms with Gasteiger partial charge < -0.3 is 0 Å². The van der Waals surface area contributed by atoms with Crippen molar-refractivity contribution in [2.75, 3.05) is 0 Å². The molecule has 0 aromatic rings. The van der Waals surface area contributed by atoms with Crippen molar-refractivity contribution in [1.82, 2.24) is 0 Å². The Morgan fingerprint density at radius 2 is 2.09 bits per heavy atom. The Morgan fingerprint density at radius 3 is 2.55 bits per heavy atom. The van der Waals surface area contributed by atoms with Crippen molar-refractivity contribution in [3.05, 3.63) is 49.1 Å². The molecule has 0 radical (unpaired) electrons. The van der Waals surface area contributed by atoms with Crippen LogP contribution in [0, 0.1) is 11.8 Å². The predicted molar refractivity (Wildman–Crippen MR) is 50.3 cm³/mol. The van der Waals surface area contributed by atoms with Crippen LogP contribution in [0.2, 0.25) is 0 Å². The Balaban J connectivity index is 2.86. The van der Waals surface area contributed by atoms with E-state index in [0.29, 0.717) is 11.8 Å². The van der Waals surface area contributed by atoms with Gasteiger partial charge in [0.25, 0.3) is 0 Å². The lowest BCUT2D eigenvalue weighted by Crippen LogP contribution is -2.11. The molecule has 0 heterocycles. The summed E-state index contributed by atoms with van der Waals surface area (Å²) in [5.41, 5.74) is 1.37. The quantitative estimate of drug-likeness (QED) is 0.525. The Bertz CT molecular complexity index is 218. The largest absolute Gasteiger partial charge is 0.102 e. The van der Waals surface area contributed by atoms with Crippen LogP contribution in [-0.2, 0) is 0 Å². The van der Waals surface area contributed by atoms with Crippen molar-refractivity contribution in [3.8, 4) is 0 Å². The zero-order valence-corrected chi connectivity index (χ0v) is 6.96. The third-order valence-electron chi connectivity index (χ3n) is 2.16. The lowest BCUT2D eigenvalue weighted by molar-refractivity contribution is 0.633. The maximum atomic E-state index is 3.81. The Hall–Kier alpha value is -1.04. The SMILES string of the molecule is C=CC1C=CC=C(C)[C@@H]1C=C. The first-order chi connectivity index (χ1) is 5.29. The molecular weight excluding hydrogens is 132 g/mol. The molecule has 58 valence electrons. The minimum absolute atomic E-state index is 0.442. The summed E-state index contributed by atoms with van der Waals surface area (Å²) >= 11 is 0. The second-order valence-corrected chi connectivity index (χ2v) is 2.87. The van der Waals surface area contributed by atoms with Crippen molar-refractivity contribution in [1.29, 1.82) is 0 Å². The van der Waals surface area contributed by atoms with Gasteiger partial charge in [0.05, 0.1) is 0 Å². The van der Waals surface area contributed by atoms with Crippen LogP contribution in [0.4, 0.5) is 0 Å². The maximum absolute atomic E-state index is 3.81. The van der Waals surface area contributed by atoms with Crippen molar-refractivity contribution in [2.45, 2.75) is 6.92 Å². The van der Waals surface area contributed by atoms with Crippen LogP contribution in [0.5, 0.6) is 0 Å². The van der Waals surface area contributed by atoms with Gasteiger partial charge in [-0.15, -0.1) is 13.2 Å². The fourth-order valence-corrected chi connectivity index (χ4v) is 1.44. The molecule has 0 amide bonds. The van der Waals surface area contributed by atoms with Gasteiger partial charge in [0, 0.05) is 11.8 Å². The molecule has 1 aliphatic carbocycles. The molecule has 0 nitrogen and oxygen atoms in total. The first kappa shape index (κ1) is 8.06. The van der Waals surface area contributed by atoms with Gasteiger partial charge in [-0.05, 0) is 6.92 Å². The van der Waals surface area contributed by atoms with Crippen LogP contribution < -0.4 is 0 Å². The van der Waals surface area contributed by atoms with Gasteiger partial charge in [0.1, 0.15) is 0 Å². The number of allylic oxidation sites excluding steroid dienone is 6. The predicted octanol–water partition coefficient (Wildman–Crippen LogP) is 3.11. The summed E-state index contributed by atoms with van der Waals surface area (Å²) < 4.78 is 0. The summed E-state index contributed by atoms with van der Waals surface area (Å²) in [5.74, 6) is 0.898. The maximum Gasteiger partial charge on any atom is 0.00720 e. The molecule has 1 rings (SSSR count). The zero-order chi connectivity index (χ0) is 8.27. The molecule has 0 heteroatoms. The molecule has 0 saturated heterocycles. The van der Waals surface area contributed by atoms with E-state index < -0.39 is 0 Å². The van der Waals surface area contributed by atoms with Gasteiger partial charge in [-0.2, -0.15) is 0 Å². The average molecular weight is 146 g/mol. The van der Waals surface area contributed by atoms with E-state index in [1.54, 1.807) is 0 Å². The van der Waals surface area contributed by atoms with Gasteiger partial charge in [-0.1, -0.05) is 36.0 Å². The Labute approximate surface area is 68.6 Å². The molecule has 1 aliphatic rings. The molecule has 0 aromatic carbocycles. The standard InChI is InChI=1S/C11H14/c1-4-10-8-6-7-9(3)11(10)5-2/h4-8,10-11H,1-2H2,3H3/t10?,11-/m0/s1.